The summed E-state index contributed by atoms with van der Waals surface area (Å²) in [4.78, 5) is 0. The lowest BCUT2D eigenvalue weighted by Crippen LogP contribution is -2.33. The van der Waals surface area contributed by atoms with Gasteiger partial charge in [0.1, 0.15) is 5.82 Å². The predicted molar refractivity (Wildman–Crippen MR) is 59.4 cm³/mol. The quantitative estimate of drug-likeness (QED) is 0.779. The van der Waals surface area contributed by atoms with Crippen LogP contribution in [-0.2, 0) is 4.74 Å². The molecular weight excluding hydrogens is 207 g/mol. The van der Waals surface area contributed by atoms with Crippen LogP contribution in [0.25, 0.3) is 0 Å². The Morgan fingerprint density at radius 1 is 1.38 bits per heavy atom. The van der Waals surface area contributed by atoms with Crippen LogP contribution in [-0.4, -0.2) is 18.0 Å². The lowest BCUT2D eigenvalue weighted by Gasteiger charge is -2.34. The molecule has 0 spiro atoms. The molecule has 0 radical (unpaired) electrons. The average Bonchev–Trinajstić information content (AvgIpc) is 2.30. The van der Waals surface area contributed by atoms with Crippen LogP contribution in [0, 0.1) is 11.7 Å². The first kappa shape index (κ1) is 11.3. The third-order valence-electron chi connectivity index (χ3n) is 3.07. The Balaban J connectivity index is 2.27. The highest BCUT2D eigenvalue weighted by Crippen LogP contribution is 2.35. The lowest BCUT2D eigenvalue weighted by atomic mass is 9.82. The van der Waals surface area contributed by atoms with Crippen molar-refractivity contribution in [2.75, 3.05) is 6.61 Å². The number of aliphatic hydroxyl groups excluding tert-OH is 1. The number of hydrogen-bond donors (Lipinski definition) is 1. The van der Waals surface area contributed by atoms with Crippen LogP contribution >= 0.6 is 0 Å². The smallest absolute Gasteiger partial charge is 0.161 e. The predicted octanol–water partition coefficient (Wildman–Crippen LogP) is 2.45. The fraction of sp³-hybridized carbons (Fsp3) is 0.385. The first-order valence-electron chi connectivity index (χ1n) is 5.40. The summed E-state index contributed by atoms with van der Waals surface area (Å²) < 4.78 is 18.0. The highest BCUT2D eigenvalue weighted by Gasteiger charge is 2.32. The van der Waals surface area contributed by atoms with Crippen molar-refractivity contribution in [2.45, 2.75) is 18.6 Å². The van der Waals surface area contributed by atoms with E-state index < -0.39 is 6.29 Å². The molecule has 3 atom stereocenters. The van der Waals surface area contributed by atoms with Gasteiger partial charge in [-0.1, -0.05) is 18.2 Å². The van der Waals surface area contributed by atoms with Crippen LogP contribution < -0.4 is 0 Å². The zero-order valence-corrected chi connectivity index (χ0v) is 8.97. The molecule has 0 aromatic heterocycles. The van der Waals surface area contributed by atoms with Crippen molar-refractivity contribution in [1.82, 2.24) is 0 Å². The van der Waals surface area contributed by atoms with Crippen LogP contribution in [0.4, 0.5) is 4.39 Å². The molecule has 0 saturated carbocycles. The van der Waals surface area contributed by atoms with E-state index in [1.54, 1.807) is 12.1 Å². The standard InChI is InChI=1S/C13H15FO2/c1-2-9-7-8-16-13(15)12(9)10-3-5-11(14)6-4-10/h2-6,9,12-13,15H,1,7-8H2/t9-,12-,13?/m0/s1. The Labute approximate surface area is 94.4 Å². The Kier molecular flexibility index (Phi) is 3.36. The molecule has 0 bridgehead atoms. The number of aliphatic hydroxyl groups is 1. The van der Waals surface area contributed by atoms with Crippen molar-refractivity contribution in [1.29, 1.82) is 0 Å². The number of hydrogen-bond acceptors (Lipinski definition) is 2. The van der Waals surface area contributed by atoms with E-state index in [4.69, 9.17) is 4.74 Å². The summed E-state index contributed by atoms with van der Waals surface area (Å²) in [5.74, 6) is -0.244. The monoisotopic (exact) mass is 222 g/mol. The van der Waals surface area contributed by atoms with Crippen molar-refractivity contribution in [2.24, 2.45) is 5.92 Å². The van der Waals surface area contributed by atoms with Crippen molar-refractivity contribution >= 4 is 0 Å². The molecule has 2 rings (SSSR count). The summed E-state index contributed by atoms with van der Waals surface area (Å²) in [7, 11) is 0. The summed E-state index contributed by atoms with van der Waals surface area (Å²) in [5, 5.41) is 9.83. The molecule has 1 aromatic rings. The van der Waals surface area contributed by atoms with E-state index in [2.05, 4.69) is 6.58 Å². The Morgan fingerprint density at radius 3 is 2.69 bits per heavy atom. The largest absolute Gasteiger partial charge is 0.367 e. The van der Waals surface area contributed by atoms with Crippen LogP contribution in [0.5, 0.6) is 0 Å². The zero-order valence-electron chi connectivity index (χ0n) is 8.97. The molecule has 16 heavy (non-hydrogen) atoms. The molecule has 86 valence electrons. The maximum absolute atomic E-state index is 12.8. The van der Waals surface area contributed by atoms with Crippen molar-refractivity contribution in [3.63, 3.8) is 0 Å². The molecule has 0 aliphatic carbocycles. The summed E-state index contributed by atoms with van der Waals surface area (Å²) in [6.07, 6.45) is 1.84. The van der Waals surface area contributed by atoms with Gasteiger partial charge in [-0.25, -0.2) is 4.39 Å². The fourth-order valence-electron chi connectivity index (χ4n) is 2.18. The summed E-state index contributed by atoms with van der Waals surface area (Å²) >= 11 is 0. The highest BCUT2D eigenvalue weighted by molar-refractivity contribution is 5.23. The molecule has 1 N–H and O–H groups in total. The maximum atomic E-state index is 12.8. The summed E-state index contributed by atoms with van der Waals surface area (Å²) in [6, 6.07) is 6.18. The molecule has 2 nitrogen and oxygen atoms in total. The molecule has 1 aliphatic rings. The fourth-order valence-corrected chi connectivity index (χ4v) is 2.18. The first-order chi connectivity index (χ1) is 7.72. The van der Waals surface area contributed by atoms with E-state index in [1.807, 2.05) is 6.08 Å². The number of rotatable bonds is 2. The molecular formula is C13H15FO2. The number of benzene rings is 1. The van der Waals surface area contributed by atoms with E-state index in [9.17, 15) is 9.50 Å². The second-order valence-electron chi connectivity index (χ2n) is 4.03. The van der Waals surface area contributed by atoms with Gasteiger partial charge < -0.3 is 9.84 Å². The Hall–Kier alpha value is -1.19. The Bertz CT molecular complexity index is 361. The normalized spacial score (nSPS) is 30.0. The minimum atomic E-state index is -0.831. The highest BCUT2D eigenvalue weighted by atomic mass is 19.1. The van der Waals surface area contributed by atoms with Crippen LogP contribution in [0.15, 0.2) is 36.9 Å². The minimum absolute atomic E-state index is 0.146. The van der Waals surface area contributed by atoms with Gasteiger partial charge in [-0.15, -0.1) is 6.58 Å². The molecule has 1 unspecified atom stereocenters. The van der Waals surface area contributed by atoms with Gasteiger partial charge in [0.15, 0.2) is 6.29 Å². The summed E-state index contributed by atoms with van der Waals surface area (Å²) in [6.45, 7) is 4.31. The van der Waals surface area contributed by atoms with Gasteiger partial charge in [0, 0.05) is 5.92 Å². The zero-order chi connectivity index (χ0) is 11.5. The van der Waals surface area contributed by atoms with Crippen LogP contribution in [0.2, 0.25) is 0 Å². The van der Waals surface area contributed by atoms with Crippen molar-refractivity contribution in [3.8, 4) is 0 Å². The van der Waals surface area contributed by atoms with Gasteiger partial charge in [0.2, 0.25) is 0 Å². The molecule has 1 fully saturated rings. The third-order valence-corrected chi connectivity index (χ3v) is 3.07. The minimum Gasteiger partial charge on any atom is -0.367 e. The summed E-state index contributed by atoms with van der Waals surface area (Å²) in [5.41, 5.74) is 0.888. The van der Waals surface area contributed by atoms with E-state index in [-0.39, 0.29) is 17.7 Å². The van der Waals surface area contributed by atoms with Gasteiger partial charge in [0.05, 0.1) is 6.61 Å². The first-order valence-corrected chi connectivity index (χ1v) is 5.40. The molecule has 0 amide bonds. The number of ether oxygens (including phenoxy) is 1. The number of halogens is 1. The SMILES string of the molecule is C=C[C@H]1CCOC(O)[C@@H]1c1ccc(F)cc1. The van der Waals surface area contributed by atoms with E-state index >= 15 is 0 Å². The topological polar surface area (TPSA) is 29.5 Å². The van der Waals surface area contributed by atoms with E-state index in [1.165, 1.54) is 12.1 Å². The molecule has 1 aliphatic heterocycles. The van der Waals surface area contributed by atoms with Gasteiger partial charge >= 0.3 is 0 Å². The molecule has 1 aromatic carbocycles. The van der Waals surface area contributed by atoms with E-state index in [0.29, 0.717) is 6.61 Å². The van der Waals surface area contributed by atoms with Crippen molar-refractivity contribution < 1.29 is 14.2 Å². The molecule has 3 heteroatoms. The van der Waals surface area contributed by atoms with Crippen molar-refractivity contribution in [3.05, 3.63) is 48.3 Å². The average molecular weight is 222 g/mol. The van der Waals surface area contributed by atoms with Gasteiger partial charge in [-0.05, 0) is 30.0 Å². The van der Waals surface area contributed by atoms with E-state index in [0.717, 1.165) is 12.0 Å². The Morgan fingerprint density at radius 2 is 2.06 bits per heavy atom. The van der Waals surface area contributed by atoms with Gasteiger partial charge in [-0.2, -0.15) is 0 Å². The third kappa shape index (κ3) is 2.15. The van der Waals surface area contributed by atoms with Gasteiger partial charge in [-0.3, -0.25) is 0 Å². The molecule has 1 saturated heterocycles. The maximum Gasteiger partial charge on any atom is 0.161 e. The second kappa shape index (κ2) is 4.76. The number of allylic oxidation sites excluding steroid dienone is 1. The lowest BCUT2D eigenvalue weighted by molar-refractivity contribution is -0.148. The van der Waals surface area contributed by atoms with Crippen LogP contribution in [0.3, 0.4) is 0 Å². The van der Waals surface area contributed by atoms with Gasteiger partial charge in [0.25, 0.3) is 0 Å². The molecule has 1 heterocycles. The van der Waals surface area contributed by atoms with Crippen LogP contribution in [0.1, 0.15) is 17.9 Å². The second-order valence-corrected chi connectivity index (χ2v) is 4.03.